The van der Waals surface area contributed by atoms with Crippen LogP contribution >= 0.6 is 15.9 Å². The van der Waals surface area contributed by atoms with Crippen LogP contribution in [0.15, 0.2) is 53.1 Å². The van der Waals surface area contributed by atoms with E-state index in [0.29, 0.717) is 24.5 Å². The molecule has 2 amide bonds. The van der Waals surface area contributed by atoms with Crippen molar-refractivity contribution in [1.29, 1.82) is 0 Å². The Bertz CT molecular complexity index is 842. The van der Waals surface area contributed by atoms with Gasteiger partial charge in [-0.1, -0.05) is 28.1 Å². The van der Waals surface area contributed by atoms with Crippen molar-refractivity contribution in [3.05, 3.63) is 64.3 Å². The van der Waals surface area contributed by atoms with Crippen molar-refractivity contribution in [1.82, 2.24) is 15.2 Å². The first-order chi connectivity index (χ1) is 13.5. The Labute approximate surface area is 172 Å². The summed E-state index contributed by atoms with van der Waals surface area (Å²) in [6.45, 7) is 1.24. The predicted octanol–water partition coefficient (Wildman–Crippen LogP) is 3.29. The maximum Gasteiger partial charge on any atom is 0.253 e. The van der Waals surface area contributed by atoms with Crippen LogP contribution in [0.4, 0.5) is 0 Å². The number of pyridine rings is 1. The standard InChI is InChI=1S/C21H22BrN3O3/c1-28-19-8-5-16(14-23-19)21(27)24-18-10-12-25(13-11-18)20(26)9-4-15-2-6-17(22)7-3-15/h2-9,14,18H,10-13H2,1H3,(H,24,27)/b9-4+. The summed E-state index contributed by atoms with van der Waals surface area (Å²) < 4.78 is 6.00. The van der Waals surface area contributed by atoms with Crippen LogP contribution in [-0.2, 0) is 4.79 Å². The van der Waals surface area contributed by atoms with Gasteiger partial charge in [-0.25, -0.2) is 4.98 Å². The number of aromatic nitrogens is 1. The molecule has 0 bridgehead atoms. The monoisotopic (exact) mass is 443 g/mol. The van der Waals surface area contributed by atoms with Crippen molar-refractivity contribution in [3.63, 3.8) is 0 Å². The molecular formula is C21H22BrN3O3. The first-order valence-corrected chi connectivity index (χ1v) is 9.88. The average Bonchev–Trinajstić information content (AvgIpc) is 2.73. The zero-order valence-electron chi connectivity index (χ0n) is 15.6. The Balaban J connectivity index is 1.47. The number of benzene rings is 1. The van der Waals surface area contributed by atoms with E-state index >= 15 is 0 Å². The number of amides is 2. The second kappa shape index (κ2) is 9.50. The molecule has 0 saturated carbocycles. The van der Waals surface area contributed by atoms with Gasteiger partial charge in [0.2, 0.25) is 11.8 Å². The lowest BCUT2D eigenvalue weighted by Gasteiger charge is -2.31. The van der Waals surface area contributed by atoms with Crippen LogP contribution in [0.25, 0.3) is 6.08 Å². The van der Waals surface area contributed by atoms with E-state index in [1.54, 1.807) is 18.2 Å². The van der Waals surface area contributed by atoms with Crippen molar-refractivity contribution >= 4 is 33.8 Å². The number of methoxy groups -OCH3 is 1. The van der Waals surface area contributed by atoms with E-state index in [-0.39, 0.29) is 17.9 Å². The van der Waals surface area contributed by atoms with Crippen molar-refractivity contribution < 1.29 is 14.3 Å². The van der Waals surface area contributed by atoms with E-state index in [0.717, 1.165) is 22.9 Å². The molecule has 0 radical (unpaired) electrons. The summed E-state index contributed by atoms with van der Waals surface area (Å²) in [5.74, 6) is 0.307. The number of nitrogens with one attached hydrogen (secondary N) is 1. The number of likely N-dealkylation sites (tertiary alicyclic amines) is 1. The van der Waals surface area contributed by atoms with Gasteiger partial charge in [0.25, 0.3) is 5.91 Å². The molecule has 0 spiro atoms. The molecule has 0 aliphatic carbocycles. The second-order valence-electron chi connectivity index (χ2n) is 6.55. The van der Waals surface area contributed by atoms with Crippen molar-refractivity contribution in [3.8, 4) is 5.88 Å². The molecule has 1 fully saturated rings. The molecule has 0 atom stereocenters. The van der Waals surface area contributed by atoms with Gasteiger partial charge in [-0.05, 0) is 42.7 Å². The van der Waals surface area contributed by atoms with Crippen LogP contribution in [0, 0.1) is 0 Å². The van der Waals surface area contributed by atoms with Crippen LogP contribution in [-0.4, -0.2) is 47.9 Å². The van der Waals surface area contributed by atoms with Crippen molar-refractivity contribution in [2.75, 3.05) is 20.2 Å². The molecule has 28 heavy (non-hydrogen) atoms. The van der Waals surface area contributed by atoms with Gasteiger partial charge in [0.1, 0.15) is 0 Å². The first kappa shape index (κ1) is 20.1. The zero-order chi connectivity index (χ0) is 19.9. The van der Waals surface area contributed by atoms with Gasteiger partial charge in [-0.15, -0.1) is 0 Å². The molecule has 1 saturated heterocycles. The Morgan fingerprint density at radius 1 is 1.18 bits per heavy atom. The number of carbonyl (C=O) groups is 2. The van der Waals surface area contributed by atoms with Crippen LogP contribution in [0.3, 0.4) is 0 Å². The minimum absolute atomic E-state index is 0.00736. The van der Waals surface area contributed by atoms with E-state index in [1.807, 2.05) is 35.2 Å². The Morgan fingerprint density at radius 2 is 1.89 bits per heavy atom. The average molecular weight is 444 g/mol. The van der Waals surface area contributed by atoms with Crippen LogP contribution in [0.1, 0.15) is 28.8 Å². The predicted molar refractivity (Wildman–Crippen MR) is 111 cm³/mol. The third-order valence-electron chi connectivity index (χ3n) is 4.64. The molecule has 1 aromatic heterocycles. The lowest BCUT2D eigenvalue weighted by atomic mass is 10.0. The van der Waals surface area contributed by atoms with Gasteiger partial charge in [-0.3, -0.25) is 9.59 Å². The van der Waals surface area contributed by atoms with Gasteiger partial charge >= 0.3 is 0 Å². The minimum atomic E-state index is -0.157. The van der Waals surface area contributed by atoms with E-state index in [4.69, 9.17) is 4.74 Å². The highest BCUT2D eigenvalue weighted by Gasteiger charge is 2.23. The SMILES string of the molecule is COc1ccc(C(=O)NC2CCN(C(=O)/C=C/c3ccc(Br)cc3)CC2)cn1. The Kier molecular flexibility index (Phi) is 6.81. The maximum atomic E-state index is 12.4. The van der Waals surface area contributed by atoms with E-state index < -0.39 is 0 Å². The van der Waals surface area contributed by atoms with Gasteiger partial charge in [0.15, 0.2) is 0 Å². The topological polar surface area (TPSA) is 71.5 Å². The van der Waals surface area contributed by atoms with Crippen molar-refractivity contribution in [2.45, 2.75) is 18.9 Å². The number of hydrogen-bond donors (Lipinski definition) is 1. The number of nitrogens with zero attached hydrogens (tertiary/aromatic N) is 2. The molecule has 6 nitrogen and oxygen atoms in total. The summed E-state index contributed by atoms with van der Waals surface area (Å²) in [5, 5.41) is 3.02. The van der Waals surface area contributed by atoms with Crippen molar-refractivity contribution in [2.24, 2.45) is 0 Å². The van der Waals surface area contributed by atoms with Gasteiger partial charge in [0, 0.05) is 41.9 Å². The summed E-state index contributed by atoms with van der Waals surface area (Å²) in [6.07, 6.45) is 6.38. The molecule has 0 unspecified atom stereocenters. The highest BCUT2D eigenvalue weighted by Crippen LogP contribution is 2.14. The Morgan fingerprint density at radius 3 is 2.50 bits per heavy atom. The third kappa shape index (κ3) is 5.42. The van der Waals surface area contributed by atoms with E-state index in [1.165, 1.54) is 13.3 Å². The number of rotatable bonds is 5. The number of ether oxygens (including phenoxy) is 1. The maximum absolute atomic E-state index is 12.4. The third-order valence-corrected chi connectivity index (χ3v) is 5.17. The van der Waals surface area contributed by atoms with Gasteiger partial charge in [0.05, 0.1) is 12.7 Å². The van der Waals surface area contributed by atoms with Gasteiger partial charge < -0.3 is 15.0 Å². The van der Waals surface area contributed by atoms with E-state index in [9.17, 15) is 9.59 Å². The summed E-state index contributed by atoms with van der Waals surface area (Å²) >= 11 is 3.39. The number of carbonyl (C=O) groups excluding carboxylic acids is 2. The molecule has 2 aromatic rings. The van der Waals surface area contributed by atoms with Crippen LogP contribution in [0.2, 0.25) is 0 Å². The highest BCUT2D eigenvalue weighted by atomic mass is 79.9. The summed E-state index contributed by atoms with van der Waals surface area (Å²) in [6, 6.07) is 11.2. The largest absolute Gasteiger partial charge is 0.481 e. The molecule has 3 rings (SSSR count). The lowest BCUT2D eigenvalue weighted by molar-refractivity contribution is -0.126. The number of hydrogen-bond acceptors (Lipinski definition) is 4. The zero-order valence-corrected chi connectivity index (χ0v) is 17.2. The first-order valence-electron chi connectivity index (χ1n) is 9.08. The molecular weight excluding hydrogens is 422 g/mol. The quantitative estimate of drug-likeness (QED) is 0.719. The summed E-state index contributed by atoms with van der Waals surface area (Å²) in [5.41, 5.74) is 1.48. The second-order valence-corrected chi connectivity index (χ2v) is 7.46. The smallest absolute Gasteiger partial charge is 0.253 e. The Hall–Kier alpha value is -2.67. The lowest BCUT2D eigenvalue weighted by Crippen LogP contribution is -2.46. The van der Waals surface area contributed by atoms with Crippen LogP contribution < -0.4 is 10.1 Å². The molecule has 1 aliphatic rings. The summed E-state index contributed by atoms with van der Waals surface area (Å²) in [4.78, 5) is 30.6. The fourth-order valence-electron chi connectivity index (χ4n) is 3.00. The molecule has 2 heterocycles. The number of halogens is 1. The normalized spacial score (nSPS) is 14.9. The molecule has 7 heteroatoms. The summed E-state index contributed by atoms with van der Waals surface area (Å²) in [7, 11) is 1.53. The number of piperidine rings is 1. The molecule has 1 aliphatic heterocycles. The van der Waals surface area contributed by atoms with E-state index in [2.05, 4.69) is 26.2 Å². The minimum Gasteiger partial charge on any atom is -0.481 e. The van der Waals surface area contributed by atoms with Crippen LogP contribution in [0.5, 0.6) is 5.88 Å². The fourth-order valence-corrected chi connectivity index (χ4v) is 3.26. The fraction of sp³-hybridized carbons (Fsp3) is 0.286. The molecule has 1 aromatic carbocycles. The molecule has 146 valence electrons. The van der Waals surface area contributed by atoms with Gasteiger partial charge in [-0.2, -0.15) is 0 Å². The molecule has 1 N–H and O–H groups in total. The highest BCUT2D eigenvalue weighted by molar-refractivity contribution is 9.10.